The molecule has 4 heteroatoms. The number of aromatic nitrogens is 1. The summed E-state index contributed by atoms with van der Waals surface area (Å²) in [6.45, 7) is 0. The molecular formula is C16H9Br2NS. The number of rotatable bonds is 1. The average Bonchev–Trinajstić information content (AvgIpc) is 3.02. The van der Waals surface area contributed by atoms with Gasteiger partial charge in [-0.3, -0.25) is 0 Å². The average molecular weight is 407 g/mol. The fourth-order valence-corrected chi connectivity index (χ4v) is 4.05. The predicted octanol–water partition coefficient (Wildman–Crippen LogP) is 6.37. The Balaban J connectivity index is 2.26. The summed E-state index contributed by atoms with van der Waals surface area (Å²) in [5, 5.41) is 5.91. The molecule has 0 N–H and O–H groups in total. The molecule has 4 aromatic rings. The Morgan fingerprint density at radius 3 is 1.90 bits per heavy atom. The summed E-state index contributed by atoms with van der Waals surface area (Å²) in [5.74, 6) is 0. The lowest BCUT2D eigenvalue weighted by Gasteiger charge is -2.04. The van der Waals surface area contributed by atoms with E-state index in [2.05, 4.69) is 90.3 Å². The van der Waals surface area contributed by atoms with Crippen LogP contribution in [0.15, 0.2) is 62.9 Å². The number of thiophene rings is 1. The fraction of sp³-hybridized carbons (Fsp3) is 0. The van der Waals surface area contributed by atoms with Crippen LogP contribution in [0.25, 0.3) is 26.8 Å². The summed E-state index contributed by atoms with van der Waals surface area (Å²) in [7, 11) is 0. The van der Waals surface area contributed by atoms with Crippen molar-refractivity contribution in [2.75, 3.05) is 0 Å². The highest BCUT2D eigenvalue weighted by Crippen LogP contribution is 2.35. The highest BCUT2D eigenvalue weighted by atomic mass is 79.9. The molecule has 0 radical (unpaired) electrons. The van der Waals surface area contributed by atoms with Gasteiger partial charge in [0, 0.05) is 19.7 Å². The number of halogens is 2. The van der Waals surface area contributed by atoms with E-state index < -0.39 is 0 Å². The number of hydrogen-bond acceptors (Lipinski definition) is 1. The first kappa shape index (κ1) is 12.6. The minimum atomic E-state index is 1.10. The molecule has 0 bridgehead atoms. The normalized spacial score (nSPS) is 11.5. The van der Waals surface area contributed by atoms with Gasteiger partial charge < -0.3 is 4.57 Å². The van der Waals surface area contributed by atoms with E-state index in [-0.39, 0.29) is 0 Å². The molecule has 4 rings (SSSR count). The van der Waals surface area contributed by atoms with Crippen LogP contribution in [-0.2, 0) is 0 Å². The fourth-order valence-electron chi connectivity index (χ4n) is 2.60. The molecule has 0 amide bonds. The molecule has 0 saturated carbocycles. The maximum atomic E-state index is 3.58. The minimum absolute atomic E-state index is 1.10. The second-order valence-corrected chi connectivity index (χ2v) is 7.37. The molecule has 0 saturated heterocycles. The van der Waals surface area contributed by atoms with Gasteiger partial charge in [-0.25, -0.2) is 0 Å². The van der Waals surface area contributed by atoms with Crippen LogP contribution >= 0.6 is 43.2 Å². The monoisotopic (exact) mass is 405 g/mol. The van der Waals surface area contributed by atoms with Gasteiger partial charge in [0.25, 0.3) is 0 Å². The lowest BCUT2D eigenvalue weighted by atomic mass is 10.2. The molecule has 2 heterocycles. The molecule has 0 aliphatic carbocycles. The third-order valence-corrected chi connectivity index (χ3v) is 5.26. The van der Waals surface area contributed by atoms with Crippen LogP contribution in [0.2, 0.25) is 0 Å². The van der Waals surface area contributed by atoms with Gasteiger partial charge in [-0.05, 0) is 41.8 Å². The van der Waals surface area contributed by atoms with Crippen molar-refractivity contribution in [1.82, 2.24) is 4.57 Å². The molecule has 0 atom stereocenters. The highest BCUT2D eigenvalue weighted by molar-refractivity contribution is 9.10. The van der Waals surface area contributed by atoms with Gasteiger partial charge in [0.15, 0.2) is 0 Å². The maximum absolute atomic E-state index is 3.58. The van der Waals surface area contributed by atoms with Crippen molar-refractivity contribution in [2.45, 2.75) is 0 Å². The van der Waals surface area contributed by atoms with Gasteiger partial charge >= 0.3 is 0 Å². The third-order valence-electron chi connectivity index (χ3n) is 3.42. The molecular weight excluding hydrogens is 398 g/mol. The van der Waals surface area contributed by atoms with Gasteiger partial charge in [-0.15, -0.1) is 11.3 Å². The van der Waals surface area contributed by atoms with Gasteiger partial charge in [0.2, 0.25) is 0 Å². The van der Waals surface area contributed by atoms with E-state index in [9.17, 15) is 0 Å². The summed E-state index contributed by atoms with van der Waals surface area (Å²) in [6.07, 6.45) is 0. The van der Waals surface area contributed by atoms with Crippen LogP contribution in [0, 0.1) is 0 Å². The highest BCUT2D eigenvalue weighted by Gasteiger charge is 2.13. The predicted molar refractivity (Wildman–Crippen MR) is 94.1 cm³/mol. The molecule has 0 spiro atoms. The van der Waals surface area contributed by atoms with Crippen LogP contribution in [-0.4, -0.2) is 4.57 Å². The minimum Gasteiger partial charge on any atom is -0.301 e. The van der Waals surface area contributed by atoms with Crippen LogP contribution in [0.3, 0.4) is 0 Å². The Hall–Kier alpha value is -1.10. The topological polar surface area (TPSA) is 4.93 Å². The maximum Gasteiger partial charge on any atom is 0.0999 e. The van der Waals surface area contributed by atoms with Gasteiger partial charge in [0.05, 0.1) is 16.0 Å². The Morgan fingerprint density at radius 1 is 0.800 bits per heavy atom. The van der Waals surface area contributed by atoms with E-state index in [1.54, 1.807) is 11.3 Å². The lowest BCUT2D eigenvalue weighted by Crippen LogP contribution is -1.89. The standard InChI is InChI=1S/C16H9Br2NS/c17-10-3-5-12-13-6-4-11(18)9-15(13)19(14(12)8-10)16-2-1-7-20-16/h1-9H. The summed E-state index contributed by atoms with van der Waals surface area (Å²) in [4.78, 5) is 0. The van der Waals surface area contributed by atoms with Gasteiger partial charge in [-0.1, -0.05) is 44.0 Å². The van der Waals surface area contributed by atoms with E-state index in [0.717, 1.165) is 8.95 Å². The zero-order valence-electron chi connectivity index (χ0n) is 10.3. The van der Waals surface area contributed by atoms with E-state index in [1.165, 1.54) is 26.8 Å². The van der Waals surface area contributed by atoms with Crippen molar-refractivity contribution in [1.29, 1.82) is 0 Å². The van der Waals surface area contributed by atoms with Crippen molar-refractivity contribution in [2.24, 2.45) is 0 Å². The second kappa shape index (κ2) is 4.72. The van der Waals surface area contributed by atoms with E-state index >= 15 is 0 Å². The molecule has 0 fully saturated rings. The second-order valence-electron chi connectivity index (χ2n) is 4.61. The lowest BCUT2D eigenvalue weighted by molar-refractivity contribution is 1.22. The summed E-state index contributed by atoms with van der Waals surface area (Å²) in [5.41, 5.74) is 2.46. The SMILES string of the molecule is Brc1ccc2c3ccc(Br)cc3n(-c3cccs3)c2c1. The van der Waals surface area contributed by atoms with Crippen LogP contribution in [0.4, 0.5) is 0 Å². The van der Waals surface area contributed by atoms with Gasteiger partial charge in [0.1, 0.15) is 0 Å². The van der Waals surface area contributed by atoms with E-state index in [1.807, 2.05) is 0 Å². The number of benzene rings is 2. The molecule has 2 aromatic heterocycles. The van der Waals surface area contributed by atoms with Crippen LogP contribution < -0.4 is 0 Å². The molecule has 2 aromatic carbocycles. The molecule has 98 valence electrons. The number of fused-ring (bicyclic) bond motifs is 3. The van der Waals surface area contributed by atoms with Crippen LogP contribution in [0.1, 0.15) is 0 Å². The Morgan fingerprint density at radius 2 is 1.40 bits per heavy atom. The first-order valence-corrected chi connectivity index (χ1v) is 8.64. The Bertz CT molecular complexity index is 863. The van der Waals surface area contributed by atoms with Crippen molar-refractivity contribution in [3.05, 3.63) is 62.9 Å². The number of hydrogen-bond donors (Lipinski definition) is 0. The van der Waals surface area contributed by atoms with E-state index in [4.69, 9.17) is 0 Å². The van der Waals surface area contributed by atoms with Crippen molar-refractivity contribution in [3.8, 4) is 5.00 Å². The molecule has 0 aliphatic rings. The van der Waals surface area contributed by atoms with Crippen molar-refractivity contribution >= 4 is 65.0 Å². The zero-order chi connectivity index (χ0) is 13.7. The van der Waals surface area contributed by atoms with Crippen molar-refractivity contribution in [3.63, 3.8) is 0 Å². The Labute approximate surface area is 137 Å². The zero-order valence-corrected chi connectivity index (χ0v) is 14.3. The smallest absolute Gasteiger partial charge is 0.0999 e. The third kappa shape index (κ3) is 1.86. The summed E-state index contributed by atoms with van der Waals surface area (Å²) >= 11 is 8.92. The molecule has 0 unspecified atom stereocenters. The van der Waals surface area contributed by atoms with E-state index in [0.29, 0.717) is 0 Å². The van der Waals surface area contributed by atoms with Crippen molar-refractivity contribution < 1.29 is 0 Å². The molecule has 20 heavy (non-hydrogen) atoms. The number of nitrogens with zero attached hydrogens (tertiary/aromatic N) is 1. The summed E-state index contributed by atoms with van der Waals surface area (Å²) < 4.78 is 4.53. The molecule has 0 aliphatic heterocycles. The first-order chi connectivity index (χ1) is 9.74. The Kier molecular flexibility index (Phi) is 2.98. The quantitative estimate of drug-likeness (QED) is 0.346. The van der Waals surface area contributed by atoms with Crippen LogP contribution in [0.5, 0.6) is 0 Å². The molecule has 1 nitrogen and oxygen atoms in total. The van der Waals surface area contributed by atoms with Gasteiger partial charge in [-0.2, -0.15) is 0 Å². The largest absolute Gasteiger partial charge is 0.301 e. The first-order valence-electron chi connectivity index (χ1n) is 6.17. The summed E-state index contributed by atoms with van der Waals surface area (Å²) in [6, 6.07) is 17.2.